The highest BCUT2D eigenvalue weighted by Gasteiger charge is 2.02. The van der Waals surface area contributed by atoms with Crippen LogP contribution in [0.4, 0.5) is 5.95 Å². The van der Waals surface area contributed by atoms with Gasteiger partial charge in [0.1, 0.15) is 5.15 Å². The molecule has 0 saturated carbocycles. The van der Waals surface area contributed by atoms with Crippen LogP contribution in [0.2, 0.25) is 5.15 Å². The molecule has 0 fully saturated rings. The maximum atomic E-state index is 5.80. The molecule has 76 valence electrons. The molecular formula is C11H10ClN3. The number of anilines is 1. The first-order chi connectivity index (χ1) is 7.15. The van der Waals surface area contributed by atoms with E-state index in [2.05, 4.69) is 9.97 Å². The number of hydrogen-bond acceptors (Lipinski definition) is 3. The van der Waals surface area contributed by atoms with E-state index >= 15 is 0 Å². The van der Waals surface area contributed by atoms with Crippen LogP contribution in [-0.2, 0) is 0 Å². The van der Waals surface area contributed by atoms with Crippen LogP contribution in [0.5, 0.6) is 0 Å². The third-order valence-electron chi connectivity index (χ3n) is 2.06. The van der Waals surface area contributed by atoms with Crippen LogP contribution in [0.15, 0.2) is 30.3 Å². The lowest BCUT2D eigenvalue weighted by molar-refractivity contribution is 1.19. The van der Waals surface area contributed by atoms with Crippen molar-refractivity contribution in [2.45, 2.75) is 6.92 Å². The van der Waals surface area contributed by atoms with E-state index < -0.39 is 0 Å². The molecule has 0 bridgehead atoms. The third kappa shape index (κ3) is 2.25. The van der Waals surface area contributed by atoms with E-state index in [0.29, 0.717) is 5.15 Å². The number of aromatic nitrogens is 2. The Morgan fingerprint density at radius 3 is 2.40 bits per heavy atom. The summed E-state index contributed by atoms with van der Waals surface area (Å²) < 4.78 is 0. The molecule has 0 radical (unpaired) electrons. The standard InChI is InChI=1S/C11H10ClN3/c1-7-2-4-8(5-3-7)9-6-10(12)15-11(13)14-9/h2-6H,1H3,(H2,13,14,15). The van der Waals surface area contributed by atoms with Crippen LogP contribution in [0.3, 0.4) is 0 Å². The summed E-state index contributed by atoms with van der Waals surface area (Å²) in [5.41, 5.74) is 8.45. The van der Waals surface area contributed by atoms with Crippen LogP contribution in [0.25, 0.3) is 11.3 Å². The third-order valence-corrected chi connectivity index (χ3v) is 2.25. The monoisotopic (exact) mass is 219 g/mol. The van der Waals surface area contributed by atoms with Gasteiger partial charge in [-0.3, -0.25) is 0 Å². The SMILES string of the molecule is Cc1ccc(-c2cc(Cl)nc(N)n2)cc1. The van der Waals surface area contributed by atoms with Gasteiger partial charge in [0.25, 0.3) is 0 Å². The number of hydrogen-bond donors (Lipinski definition) is 1. The first-order valence-corrected chi connectivity index (χ1v) is 4.90. The summed E-state index contributed by atoms with van der Waals surface area (Å²) in [6, 6.07) is 9.69. The van der Waals surface area contributed by atoms with Gasteiger partial charge in [-0.2, -0.15) is 0 Å². The topological polar surface area (TPSA) is 51.8 Å². The largest absolute Gasteiger partial charge is 0.368 e. The molecule has 0 amide bonds. The van der Waals surface area contributed by atoms with E-state index in [4.69, 9.17) is 17.3 Å². The maximum Gasteiger partial charge on any atom is 0.221 e. The Balaban J connectivity index is 2.49. The Morgan fingerprint density at radius 2 is 1.80 bits per heavy atom. The zero-order valence-corrected chi connectivity index (χ0v) is 8.99. The average molecular weight is 220 g/mol. The molecule has 4 heteroatoms. The predicted molar refractivity (Wildman–Crippen MR) is 61.6 cm³/mol. The highest BCUT2D eigenvalue weighted by atomic mass is 35.5. The van der Waals surface area contributed by atoms with E-state index in [1.54, 1.807) is 6.07 Å². The van der Waals surface area contributed by atoms with E-state index in [1.807, 2.05) is 31.2 Å². The molecule has 2 rings (SSSR count). The lowest BCUT2D eigenvalue weighted by Gasteiger charge is -2.02. The second-order valence-corrected chi connectivity index (χ2v) is 3.69. The van der Waals surface area contributed by atoms with Crippen LogP contribution in [-0.4, -0.2) is 9.97 Å². The van der Waals surface area contributed by atoms with Crippen molar-refractivity contribution in [3.63, 3.8) is 0 Å². The predicted octanol–water partition coefficient (Wildman–Crippen LogP) is 2.69. The molecule has 0 saturated heterocycles. The summed E-state index contributed by atoms with van der Waals surface area (Å²) in [5.74, 6) is 0.193. The molecule has 1 aromatic heterocycles. The van der Waals surface area contributed by atoms with Crippen molar-refractivity contribution in [1.29, 1.82) is 0 Å². The molecule has 3 nitrogen and oxygen atoms in total. The quantitative estimate of drug-likeness (QED) is 0.751. The van der Waals surface area contributed by atoms with Crippen LogP contribution >= 0.6 is 11.6 Å². The minimum atomic E-state index is 0.193. The second-order valence-electron chi connectivity index (χ2n) is 3.30. The van der Waals surface area contributed by atoms with Crippen LogP contribution in [0.1, 0.15) is 5.56 Å². The summed E-state index contributed by atoms with van der Waals surface area (Å²) in [5, 5.41) is 0.359. The minimum absolute atomic E-state index is 0.193. The molecule has 2 aromatic rings. The number of rotatable bonds is 1. The van der Waals surface area contributed by atoms with Gasteiger partial charge in [-0.05, 0) is 6.92 Å². The summed E-state index contributed by atoms with van der Waals surface area (Å²) >= 11 is 5.80. The van der Waals surface area contributed by atoms with Gasteiger partial charge < -0.3 is 5.73 Å². The summed E-state index contributed by atoms with van der Waals surface area (Å²) in [7, 11) is 0. The summed E-state index contributed by atoms with van der Waals surface area (Å²) in [4.78, 5) is 7.93. The van der Waals surface area contributed by atoms with Crippen molar-refractivity contribution in [3.8, 4) is 11.3 Å². The fourth-order valence-corrected chi connectivity index (χ4v) is 1.50. The Kier molecular flexibility index (Phi) is 2.56. The van der Waals surface area contributed by atoms with Gasteiger partial charge in [-0.1, -0.05) is 41.4 Å². The zero-order chi connectivity index (χ0) is 10.8. The Hall–Kier alpha value is -1.61. The van der Waals surface area contributed by atoms with Crippen molar-refractivity contribution in [1.82, 2.24) is 9.97 Å². The van der Waals surface area contributed by atoms with E-state index in [-0.39, 0.29) is 5.95 Å². The van der Waals surface area contributed by atoms with Gasteiger partial charge in [0.2, 0.25) is 5.95 Å². The number of nitrogen functional groups attached to an aromatic ring is 1. The van der Waals surface area contributed by atoms with Crippen LogP contribution < -0.4 is 5.73 Å². The van der Waals surface area contributed by atoms with E-state index in [1.165, 1.54) is 5.56 Å². The second kappa shape index (κ2) is 3.87. The van der Waals surface area contributed by atoms with Crippen molar-refractivity contribution in [3.05, 3.63) is 41.0 Å². The average Bonchev–Trinajstić information content (AvgIpc) is 2.17. The molecule has 0 aliphatic rings. The molecule has 1 heterocycles. The Bertz CT molecular complexity index is 459. The van der Waals surface area contributed by atoms with Gasteiger partial charge in [0, 0.05) is 11.6 Å². The molecule has 0 aliphatic carbocycles. The summed E-state index contributed by atoms with van der Waals surface area (Å²) in [6.45, 7) is 2.03. The molecule has 1 aromatic carbocycles. The van der Waals surface area contributed by atoms with Gasteiger partial charge in [0.05, 0.1) is 5.69 Å². The molecule has 0 unspecified atom stereocenters. The first kappa shape index (κ1) is 9.93. The molecular weight excluding hydrogens is 210 g/mol. The maximum absolute atomic E-state index is 5.80. The lowest BCUT2D eigenvalue weighted by atomic mass is 10.1. The van der Waals surface area contributed by atoms with E-state index in [9.17, 15) is 0 Å². The summed E-state index contributed by atoms with van der Waals surface area (Å²) in [6.07, 6.45) is 0. The number of halogens is 1. The minimum Gasteiger partial charge on any atom is -0.368 e. The van der Waals surface area contributed by atoms with Gasteiger partial charge in [0.15, 0.2) is 0 Å². The number of benzene rings is 1. The fraction of sp³-hybridized carbons (Fsp3) is 0.0909. The molecule has 2 N–H and O–H groups in total. The number of aryl methyl sites for hydroxylation is 1. The zero-order valence-electron chi connectivity index (χ0n) is 8.24. The normalized spacial score (nSPS) is 10.3. The first-order valence-electron chi connectivity index (χ1n) is 4.52. The number of nitrogens with zero attached hydrogens (tertiary/aromatic N) is 2. The van der Waals surface area contributed by atoms with E-state index in [0.717, 1.165) is 11.3 Å². The van der Waals surface area contributed by atoms with Crippen molar-refractivity contribution >= 4 is 17.5 Å². The highest BCUT2D eigenvalue weighted by molar-refractivity contribution is 6.29. The van der Waals surface area contributed by atoms with Crippen molar-refractivity contribution in [2.24, 2.45) is 0 Å². The highest BCUT2D eigenvalue weighted by Crippen LogP contribution is 2.20. The smallest absolute Gasteiger partial charge is 0.221 e. The van der Waals surface area contributed by atoms with Crippen molar-refractivity contribution < 1.29 is 0 Å². The molecule has 0 atom stereocenters. The van der Waals surface area contributed by atoms with Crippen molar-refractivity contribution in [2.75, 3.05) is 5.73 Å². The lowest BCUT2D eigenvalue weighted by Crippen LogP contribution is -1.96. The Labute approximate surface area is 92.9 Å². The van der Waals surface area contributed by atoms with Gasteiger partial charge >= 0.3 is 0 Å². The molecule has 15 heavy (non-hydrogen) atoms. The molecule has 0 aliphatic heterocycles. The number of nitrogens with two attached hydrogens (primary N) is 1. The molecule has 0 spiro atoms. The fourth-order valence-electron chi connectivity index (χ4n) is 1.31. The van der Waals surface area contributed by atoms with Gasteiger partial charge in [-0.25, -0.2) is 9.97 Å². The Morgan fingerprint density at radius 1 is 1.13 bits per heavy atom. The van der Waals surface area contributed by atoms with Crippen LogP contribution in [0, 0.1) is 6.92 Å². The van der Waals surface area contributed by atoms with Gasteiger partial charge in [-0.15, -0.1) is 0 Å².